The molecule has 1 aromatic carbocycles. The van der Waals surface area contributed by atoms with Crippen LogP contribution in [0.4, 0.5) is 18.0 Å². The van der Waals surface area contributed by atoms with Crippen molar-refractivity contribution in [3.8, 4) is 11.5 Å². The Bertz CT molecular complexity index is 1010. The zero-order valence-corrected chi connectivity index (χ0v) is 17.0. The third kappa shape index (κ3) is 4.34. The number of aromatic nitrogens is 1. The van der Waals surface area contributed by atoms with Gasteiger partial charge in [0.1, 0.15) is 29.5 Å². The van der Waals surface area contributed by atoms with Crippen LogP contribution in [0.3, 0.4) is 0 Å². The number of nitrogens with zero attached hydrogens (tertiary/aromatic N) is 4. The molecule has 0 spiro atoms. The number of hydrogen-bond donors (Lipinski definition) is 0. The maximum absolute atomic E-state index is 12.8. The van der Waals surface area contributed by atoms with Gasteiger partial charge in [-0.25, -0.2) is 4.79 Å². The van der Waals surface area contributed by atoms with Crippen molar-refractivity contribution in [2.75, 3.05) is 20.1 Å². The third-order valence-corrected chi connectivity index (χ3v) is 5.59. The predicted octanol–water partition coefficient (Wildman–Crippen LogP) is 4.30. The lowest BCUT2D eigenvalue weighted by Crippen LogP contribution is -2.55. The first kappa shape index (κ1) is 21.1. The molecule has 1 atom stereocenters. The van der Waals surface area contributed by atoms with E-state index in [-0.39, 0.29) is 18.4 Å². The predicted molar refractivity (Wildman–Crippen MR) is 106 cm³/mol. The molecule has 2 aromatic rings. The first-order chi connectivity index (χ1) is 14.6. The van der Waals surface area contributed by atoms with E-state index in [1.807, 2.05) is 14.0 Å². The fourth-order valence-electron chi connectivity index (χ4n) is 3.63. The molecule has 0 bridgehead atoms. The molecular formula is C21H21F3N4O3. The maximum Gasteiger partial charge on any atom is 0.433 e. The highest BCUT2D eigenvalue weighted by atomic mass is 19.4. The summed E-state index contributed by atoms with van der Waals surface area (Å²) in [7, 11) is 1.97. The average Bonchev–Trinajstić information content (AvgIpc) is 3.02. The monoisotopic (exact) mass is 434 g/mol. The summed E-state index contributed by atoms with van der Waals surface area (Å²) in [5.74, 6) is 0.804. The Hall–Kier alpha value is -3.14. The van der Waals surface area contributed by atoms with E-state index >= 15 is 0 Å². The van der Waals surface area contributed by atoms with Gasteiger partial charge in [-0.3, -0.25) is 9.88 Å². The van der Waals surface area contributed by atoms with Crippen LogP contribution in [-0.2, 0) is 17.5 Å². The summed E-state index contributed by atoms with van der Waals surface area (Å²) in [6, 6.07) is 8.65. The van der Waals surface area contributed by atoms with Gasteiger partial charge in [0.2, 0.25) is 0 Å². The standard InChI is InChI=1S/C21H21F3N4O3/c1-20-12-18(26-19(29)28(20)10-9-27(20)2)30-13-14-3-5-15(6-4-14)31-16-7-8-25-17(11-16)21(22,23)24/h3-8,11H,9-10,12-13H2,1-2H3. The van der Waals surface area contributed by atoms with Gasteiger partial charge in [-0.2, -0.15) is 18.2 Å². The topological polar surface area (TPSA) is 67.3 Å². The Balaban J connectivity index is 1.37. The normalized spacial score (nSPS) is 21.6. The second kappa shape index (κ2) is 7.84. The molecule has 2 aliphatic heterocycles. The molecule has 0 radical (unpaired) electrons. The lowest BCUT2D eigenvalue weighted by Gasteiger charge is -2.40. The summed E-state index contributed by atoms with van der Waals surface area (Å²) in [5, 5.41) is 0. The van der Waals surface area contributed by atoms with Crippen molar-refractivity contribution < 1.29 is 27.4 Å². The lowest BCUT2D eigenvalue weighted by atomic mass is 10.1. The van der Waals surface area contributed by atoms with Crippen LogP contribution in [0, 0.1) is 0 Å². The van der Waals surface area contributed by atoms with Gasteiger partial charge in [-0.15, -0.1) is 0 Å². The van der Waals surface area contributed by atoms with Gasteiger partial charge in [0.25, 0.3) is 0 Å². The second-order valence-corrected chi connectivity index (χ2v) is 7.66. The maximum atomic E-state index is 12.8. The number of rotatable bonds is 4. The first-order valence-electron chi connectivity index (χ1n) is 9.68. The van der Waals surface area contributed by atoms with Crippen LogP contribution in [0.25, 0.3) is 0 Å². The molecule has 7 nitrogen and oxygen atoms in total. The van der Waals surface area contributed by atoms with Crippen LogP contribution in [0.1, 0.15) is 24.6 Å². The molecule has 10 heteroatoms. The Morgan fingerprint density at radius 2 is 1.87 bits per heavy atom. The molecule has 1 saturated heterocycles. The second-order valence-electron chi connectivity index (χ2n) is 7.66. The number of hydrogen-bond acceptors (Lipinski definition) is 5. The van der Waals surface area contributed by atoms with Crippen LogP contribution < -0.4 is 4.74 Å². The fourth-order valence-corrected chi connectivity index (χ4v) is 3.63. The van der Waals surface area contributed by atoms with Crippen molar-refractivity contribution in [1.29, 1.82) is 0 Å². The summed E-state index contributed by atoms with van der Waals surface area (Å²) in [4.78, 5) is 23.5. The zero-order chi connectivity index (χ0) is 22.2. The molecule has 1 fully saturated rings. The van der Waals surface area contributed by atoms with E-state index in [1.54, 1.807) is 29.2 Å². The minimum Gasteiger partial charge on any atom is -0.476 e. The number of carbonyl (C=O) groups excluding carboxylic acids is 1. The summed E-state index contributed by atoms with van der Waals surface area (Å²) < 4.78 is 49.6. The van der Waals surface area contributed by atoms with Gasteiger partial charge in [-0.05, 0) is 37.7 Å². The highest BCUT2D eigenvalue weighted by Crippen LogP contribution is 2.33. The van der Waals surface area contributed by atoms with Crippen molar-refractivity contribution in [2.24, 2.45) is 4.99 Å². The average molecular weight is 434 g/mol. The summed E-state index contributed by atoms with van der Waals surface area (Å²) in [6.07, 6.45) is -2.98. The van der Waals surface area contributed by atoms with Crippen LogP contribution >= 0.6 is 0 Å². The van der Waals surface area contributed by atoms with Crippen molar-refractivity contribution in [2.45, 2.75) is 31.8 Å². The SMILES string of the molecule is CN1CCN2C(=O)N=C(OCc3ccc(Oc4ccnc(C(F)(F)F)c4)cc3)CC12C. The molecular weight excluding hydrogens is 413 g/mol. The van der Waals surface area contributed by atoms with E-state index in [2.05, 4.69) is 14.9 Å². The van der Waals surface area contributed by atoms with E-state index in [1.165, 1.54) is 6.07 Å². The van der Waals surface area contributed by atoms with Gasteiger partial charge < -0.3 is 14.4 Å². The van der Waals surface area contributed by atoms with Crippen LogP contribution in [0.5, 0.6) is 11.5 Å². The van der Waals surface area contributed by atoms with Crippen molar-refractivity contribution >= 4 is 11.9 Å². The molecule has 0 aliphatic carbocycles. The quantitative estimate of drug-likeness (QED) is 0.718. The molecule has 164 valence electrons. The number of likely N-dealkylation sites (N-methyl/N-ethyl adjacent to an activating group) is 1. The van der Waals surface area contributed by atoms with Crippen LogP contribution in [0.15, 0.2) is 47.6 Å². The summed E-state index contributed by atoms with van der Waals surface area (Å²) in [5.41, 5.74) is -0.648. The van der Waals surface area contributed by atoms with Crippen LogP contribution in [-0.4, -0.2) is 52.5 Å². The van der Waals surface area contributed by atoms with Crippen molar-refractivity contribution in [3.05, 3.63) is 53.9 Å². The number of alkyl halides is 3. The molecule has 0 N–H and O–H groups in total. The number of urea groups is 1. The van der Waals surface area contributed by atoms with Crippen LogP contribution in [0.2, 0.25) is 0 Å². The highest BCUT2D eigenvalue weighted by Gasteiger charge is 2.48. The lowest BCUT2D eigenvalue weighted by molar-refractivity contribution is -0.141. The minimum atomic E-state index is -4.54. The molecule has 31 heavy (non-hydrogen) atoms. The Morgan fingerprint density at radius 3 is 2.58 bits per heavy atom. The van der Waals surface area contributed by atoms with Gasteiger partial charge in [-0.1, -0.05) is 12.1 Å². The van der Waals surface area contributed by atoms with Gasteiger partial charge in [0.15, 0.2) is 5.90 Å². The van der Waals surface area contributed by atoms with E-state index in [0.717, 1.165) is 24.4 Å². The largest absolute Gasteiger partial charge is 0.476 e. The minimum absolute atomic E-state index is 0.0416. The number of amides is 2. The Morgan fingerprint density at radius 1 is 1.13 bits per heavy atom. The third-order valence-electron chi connectivity index (χ3n) is 5.59. The van der Waals surface area contributed by atoms with Gasteiger partial charge in [0.05, 0.1) is 6.42 Å². The Labute approximate surface area is 177 Å². The molecule has 1 aromatic heterocycles. The molecule has 2 amide bonds. The molecule has 1 unspecified atom stereocenters. The molecule has 0 saturated carbocycles. The van der Waals surface area contributed by atoms with Crippen molar-refractivity contribution in [3.63, 3.8) is 0 Å². The first-order valence-corrected chi connectivity index (χ1v) is 9.68. The zero-order valence-electron chi connectivity index (χ0n) is 17.0. The number of ether oxygens (including phenoxy) is 2. The fraction of sp³-hybridized carbons (Fsp3) is 0.381. The number of halogens is 3. The van der Waals surface area contributed by atoms with E-state index in [4.69, 9.17) is 9.47 Å². The number of benzene rings is 1. The number of aliphatic imine (C=N–C) groups is 1. The highest BCUT2D eigenvalue weighted by molar-refractivity contribution is 5.94. The number of fused-ring (bicyclic) bond motifs is 1. The molecule has 4 rings (SSSR count). The molecule has 3 heterocycles. The van der Waals surface area contributed by atoms with Gasteiger partial charge in [0, 0.05) is 25.4 Å². The Kier molecular flexibility index (Phi) is 5.34. The van der Waals surface area contributed by atoms with Crippen molar-refractivity contribution in [1.82, 2.24) is 14.8 Å². The summed E-state index contributed by atoms with van der Waals surface area (Å²) in [6.45, 7) is 3.63. The number of carbonyl (C=O) groups is 1. The smallest absolute Gasteiger partial charge is 0.433 e. The number of pyridine rings is 1. The van der Waals surface area contributed by atoms with E-state index < -0.39 is 17.5 Å². The van der Waals surface area contributed by atoms with E-state index in [9.17, 15) is 18.0 Å². The van der Waals surface area contributed by atoms with E-state index in [0.29, 0.717) is 24.6 Å². The van der Waals surface area contributed by atoms with Gasteiger partial charge >= 0.3 is 12.2 Å². The molecule has 2 aliphatic rings. The summed E-state index contributed by atoms with van der Waals surface area (Å²) >= 11 is 0.